The predicted octanol–water partition coefficient (Wildman–Crippen LogP) is 1.93. The van der Waals surface area contributed by atoms with Crippen molar-refractivity contribution in [2.24, 2.45) is 5.92 Å². The summed E-state index contributed by atoms with van der Waals surface area (Å²) in [6, 6.07) is 3.53. The molecule has 2 rings (SSSR count). The molecule has 0 atom stereocenters. The highest BCUT2D eigenvalue weighted by molar-refractivity contribution is 7.89. The highest BCUT2D eigenvalue weighted by atomic mass is 32.2. The lowest BCUT2D eigenvalue weighted by Gasteiger charge is -2.31. The van der Waals surface area contributed by atoms with E-state index in [2.05, 4.69) is 5.32 Å². The summed E-state index contributed by atoms with van der Waals surface area (Å²) >= 11 is 0. The van der Waals surface area contributed by atoms with E-state index in [1.807, 2.05) is 20.9 Å². The summed E-state index contributed by atoms with van der Waals surface area (Å²) in [5.41, 5.74) is 1.58. The third-order valence-corrected chi connectivity index (χ3v) is 6.42. The van der Waals surface area contributed by atoms with Crippen LogP contribution in [0.3, 0.4) is 0 Å². The number of methoxy groups -OCH3 is 1. The van der Waals surface area contributed by atoms with Crippen molar-refractivity contribution in [1.29, 1.82) is 0 Å². The monoisotopic (exact) mass is 326 g/mol. The van der Waals surface area contributed by atoms with E-state index >= 15 is 0 Å². The van der Waals surface area contributed by atoms with E-state index in [0.29, 0.717) is 23.9 Å². The number of ether oxygens (including phenoxy) is 1. The quantitative estimate of drug-likeness (QED) is 0.898. The van der Waals surface area contributed by atoms with E-state index < -0.39 is 10.0 Å². The maximum atomic E-state index is 12.9. The first-order valence-corrected chi connectivity index (χ1v) is 9.14. The Bertz CT molecular complexity index is 621. The summed E-state index contributed by atoms with van der Waals surface area (Å²) in [6.07, 6.45) is 1.82. The minimum absolute atomic E-state index is 0.401. The predicted molar refractivity (Wildman–Crippen MR) is 87.9 cm³/mol. The van der Waals surface area contributed by atoms with Gasteiger partial charge in [0.15, 0.2) is 0 Å². The topological polar surface area (TPSA) is 58.6 Å². The van der Waals surface area contributed by atoms with Crippen LogP contribution >= 0.6 is 0 Å². The van der Waals surface area contributed by atoms with Gasteiger partial charge in [0.2, 0.25) is 10.0 Å². The molecule has 1 aromatic carbocycles. The molecule has 1 saturated heterocycles. The van der Waals surface area contributed by atoms with Gasteiger partial charge >= 0.3 is 0 Å². The summed E-state index contributed by atoms with van der Waals surface area (Å²) in [5.74, 6) is 1.29. The van der Waals surface area contributed by atoms with Crippen molar-refractivity contribution in [2.75, 3.05) is 33.8 Å². The van der Waals surface area contributed by atoms with Gasteiger partial charge < -0.3 is 10.1 Å². The number of nitrogens with zero attached hydrogens (tertiary/aromatic N) is 1. The van der Waals surface area contributed by atoms with Gasteiger partial charge in [0, 0.05) is 13.1 Å². The molecule has 5 nitrogen and oxygen atoms in total. The zero-order valence-corrected chi connectivity index (χ0v) is 14.7. The Labute approximate surface area is 133 Å². The number of aryl methyl sites for hydroxylation is 2. The Morgan fingerprint density at radius 2 is 1.86 bits per heavy atom. The molecular weight excluding hydrogens is 300 g/mol. The zero-order chi connectivity index (χ0) is 16.3. The minimum atomic E-state index is -3.42. The maximum absolute atomic E-state index is 12.9. The number of benzene rings is 1. The van der Waals surface area contributed by atoms with Crippen LogP contribution in [0, 0.1) is 19.8 Å². The highest BCUT2D eigenvalue weighted by Gasteiger charge is 2.30. The molecule has 1 aliphatic heterocycles. The molecule has 0 saturated carbocycles. The molecule has 124 valence electrons. The van der Waals surface area contributed by atoms with Crippen LogP contribution in [-0.2, 0) is 10.0 Å². The third kappa shape index (κ3) is 3.45. The molecule has 6 heteroatoms. The molecule has 0 bridgehead atoms. The van der Waals surface area contributed by atoms with E-state index in [1.54, 1.807) is 23.5 Å². The van der Waals surface area contributed by atoms with Crippen LogP contribution in [-0.4, -0.2) is 46.5 Å². The van der Waals surface area contributed by atoms with E-state index in [-0.39, 0.29) is 0 Å². The smallest absolute Gasteiger partial charge is 0.243 e. The zero-order valence-electron chi connectivity index (χ0n) is 13.8. The summed E-state index contributed by atoms with van der Waals surface area (Å²) in [7, 11) is 0.116. The summed E-state index contributed by atoms with van der Waals surface area (Å²) in [6.45, 7) is 5.84. The molecule has 0 aliphatic carbocycles. The number of nitrogens with one attached hydrogen (secondary N) is 1. The number of hydrogen-bond acceptors (Lipinski definition) is 4. The van der Waals surface area contributed by atoms with Crippen molar-refractivity contribution in [3.63, 3.8) is 0 Å². The molecule has 22 heavy (non-hydrogen) atoms. The number of piperidine rings is 1. The largest absolute Gasteiger partial charge is 0.496 e. The highest BCUT2D eigenvalue weighted by Crippen LogP contribution is 2.29. The van der Waals surface area contributed by atoms with Crippen molar-refractivity contribution < 1.29 is 13.2 Å². The van der Waals surface area contributed by atoms with Gasteiger partial charge in [-0.2, -0.15) is 4.31 Å². The third-order valence-electron chi connectivity index (χ3n) is 4.38. The average molecular weight is 326 g/mol. The fourth-order valence-corrected chi connectivity index (χ4v) is 4.80. The van der Waals surface area contributed by atoms with Crippen LogP contribution in [0.15, 0.2) is 17.0 Å². The molecule has 0 spiro atoms. The molecule has 0 unspecified atom stereocenters. The molecule has 1 aromatic rings. The summed E-state index contributed by atoms with van der Waals surface area (Å²) < 4.78 is 32.7. The molecule has 1 fully saturated rings. The van der Waals surface area contributed by atoms with Gasteiger partial charge in [-0.3, -0.25) is 0 Å². The molecule has 0 aromatic heterocycles. The van der Waals surface area contributed by atoms with Gasteiger partial charge in [-0.05, 0) is 69.5 Å². The SMILES string of the molecule is CNCC1CCN(S(=O)(=O)c2cc(C)c(OC)cc2C)CC1. The van der Waals surface area contributed by atoms with Crippen LogP contribution < -0.4 is 10.1 Å². The second kappa shape index (κ2) is 6.98. The van der Waals surface area contributed by atoms with Crippen molar-refractivity contribution in [1.82, 2.24) is 9.62 Å². The van der Waals surface area contributed by atoms with Gasteiger partial charge in [-0.25, -0.2) is 8.42 Å². The Kier molecular flexibility index (Phi) is 5.47. The Balaban J connectivity index is 2.23. The van der Waals surface area contributed by atoms with Gasteiger partial charge in [-0.15, -0.1) is 0 Å². The van der Waals surface area contributed by atoms with Crippen LogP contribution in [0.5, 0.6) is 5.75 Å². The number of sulfonamides is 1. The van der Waals surface area contributed by atoms with Gasteiger partial charge in [0.1, 0.15) is 5.75 Å². The molecule has 0 radical (unpaired) electrons. The second-order valence-corrected chi connectivity index (χ2v) is 7.90. The van der Waals surface area contributed by atoms with Gasteiger partial charge in [0.05, 0.1) is 12.0 Å². The standard InChI is InChI=1S/C16H26N2O3S/c1-12-10-16(13(2)9-15(12)21-4)22(19,20)18-7-5-14(6-8-18)11-17-3/h9-10,14,17H,5-8,11H2,1-4H3. The second-order valence-electron chi connectivity index (χ2n) is 5.99. The van der Waals surface area contributed by atoms with Gasteiger partial charge in [-0.1, -0.05) is 0 Å². The number of hydrogen-bond donors (Lipinski definition) is 1. The van der Waals surface area contributed by atoms with Crippen LogP contribution in [0.2, 0.25) is 0 Å². The van der Waals surface area contributed by atoms with E-state index in [1.165, 1.54) is 0 Å². The van der Waals surface area contributed by atoms with Gasteiger partial charge in [0.25, 0.3) is 0 Å². The fourth-order valence-electron chi connectivity index (χ4n) is 3.04. The van der Waals surface area contributed by atoms with Crippen molar-refractivity contribution in [3.8, 4) is 5.75 Å². The first-order valence-electron chi connectivity index (χ1n) is 7.70. The lowest BCUT2D eigenvalue weighted by molar-refractivity contribution is 0.270. The molecule has 1 aliphatic rings. The van der Waals surface area contributed by atoms with Crippen LogP contribution in [0.4, 0.5) is 0 Å². The lowest BCUT2D eigenvalue weighted by Crippen LogP contribution is -2.40. The lowest BCUT2D eigenvalue weighted by atomic mass is 9.98. The Hall–Kier alpha value is -1.11. The van der Waals surface area contributed by atoms with E-state index in [4.69, 9.17) is 4.74 Å². The summed E-state index contributed by atoms with van der Waals surface area (Å²) in [5, 5.41) is 3.17. The maximum Gasteiger partial charge on any atom is 0.243 e. The normalized spacial score (nSPS) is 17.6. The first kappa shape index (κ1) is 17.2. The van der Waals surface area contributed by atoms with Crippen molar-refractivity contribution in [2.45, 2.75) is 31.6 Å². The van der Waals surface area contributed by atoms with Crippen molar-refractivity contribution in [3.05, 3.63) is 23.3 Å². The first-order chi connectivity index (χ1) is 10.4. The van der Waals surface area contributed by atoms with E-state index in [9.17, 15) is 8.42 Å². The Morgan fingerprint density at radius 1 is 1.23 bits per heavy atom. The summed E-state index contributed by atoms with van der Waals surface area (Å²) in [4.78, 5) is 0.401. The fraction of sp³-hybridized carbons (Fsp3) is 0.625. The van der Waals surface area contributed by atoms with E-state index in [0.717, 1.165) is 36.3 Å². The molecule has 1 N–H and O–H groups in total. The number of rotatable bonds is 5. The molecule has 0 amide bonds. The van der Waals surface area contributed by atoms with Crippen LogP contribution in [0.25, 0.3) is 0 Å². The molecule has 1 heterocycles. The Morgan fingerprint density at radius 3 is 2.41 bits per heavy atom. The van der Waals surface area contributed by atoms with Crippen molar-refractivity contribution >= 4 is 10.0 Å². The molecular formula is C16H26N2O3S. The minimum Gasteiger partial charge on any atom is -0.496 e. The average Bonchev–Trinajstić information content (AvgIpc) is 2.50. The van der Waals surface area contributed by atoms with Crippen LogP contribution in [0.1, 0.15) is 24.0 Å².